The molecule has 70 valence electrons. The van der Waals surface area contributed by atoms with Crippen LogP contribution in [-0.2, 0) is 21.1 Å². The van der Waals surface area contributed by atoms with Crippen molar-refractivity contribution in [3.05, 3.63) is 46.2 Å². The first-order valence-electron chi connectivity index (χ1n) is 3.81. The fourth-order valence-corrected chi connectivity index (χ4v) is 1.18. The number of para-hydroxylation sites is 1. The van der Waals surface area contributed by atoms with Gasteiger partial charge in [0.2, 0.25) is 0 Å². The average molecular weight is 356 g/mol. The zero-order chi connectivity index (χ0) is 9.26. The number of aldehydes is 1. The molecule has 0 aliphatic heterocycles. The normalized spacial score (nSPS) is 9.43. The van der Waals surface area contributed by atoms with Gasteiger partial charge in [0.1, 0.15) is 0 Å². The van der Waals surface area contributed by atoms with Crippen LogP contribution in [-0.4, -0.2) is 11.3 Å². The maximum atomic E-state index is 11.1. The molecular weight excluding hydrogens is 350 g/mol. The van der Waals surface area contributed by atoms with Gasteiger partial charge in [-0.15, -0.1) is 17.5 Å². The van der Waals surface area contributed by atoms with Gasteiger partial charge in [0, 0.05) is 21.1 Å². The minimum absolute atomic E-state index is 0. The second-order valence-corrected chi connectivity index (χ2v) is 2.66. The molecular formula is C10H6NO2W-. The molecule has 1 aromatic heterocycles. The number of hydrogen-bond acceptors (Lipinski definition) is 2. The van der Waals surface area contributed by atoms with Gasteiger partial charge in [-0.3, -0.25) is 0 Å². The van der Waals surface area contributed by atoms with Gasteiger partial charge < -0.3 is 14.6 Å². The SMILES string of the molecule is O=Cc1[c-]c2ccccc2[nH]c1=O.[W]. The summed E-state index contributed by atoms with van der Waals surface area (Å²) in [5.74, 6) is 0. The molecule has 0 amide bonds. The van der Waals surface area contributed by atoms with Crippen molar-refractivity contribution in [1.29, 1.82) is 0 Å². The van der Waals surface area contributed by atoms with E-state index >= 15 is 0 Å². The number of hydrogen-bond donors (Lipinski definition) is 1. The summed E-state index contributed by atoms with van der Waals surface area (Å²) < 4.78 is 0. The van der Waals surface area contributed by atoms with Crippen LogP contribution in [0.2, 0.25) is 0 Å². The average Bonchev–Trinajstić information content (AvgIpc) is 2.17. The van der Waals surface area contributed by atoms with Crippen LogP contribution >= 0.6 is 0 Å². The van der Waals surface area contributed by atoms with E-state index in [9.17, 15) is 9.59 Å². The summed E-state index contributed by atoms with van der Waals surface area (Å²) in [7, 11) is 0. The Labute approximate surface area is 94.4 Å². The molecule has 1 N–H and O–H groups in total. The van der Waals surface area contributed by atoms with Crippen molar-refractivity contribution in [3.8, 4) is 0 Å². The van der Waals surface area contributed by atoms with E-state index < -0.39 is 5.56 Å². The molecule has 2 aromatic rings. The molecule has 2 rings (SSSR count). The summed E-state index contributed by atoms with van der Waals surface area (Å²) in [6.07, 6.45) is 0.505. The Kier molecular flexibility index (Phi) is 3.37. The molecule has 0 atom stereocenters. The van der Waals surface area contributed by atoms with Crippen molar-refractivity contribution >= 4 is 17.2 Å². The number of carbonyl (C=O) groups excluding carboxylic acids is 1. The standard InChI is InChI=1S/C10H6NO2.W/c12-6-8-5-7-3-1-2-4-9(7)11-10(8)13;/h1-4,6H,(H,11,13);/q-1;. The van der Waals surface area contributed by atoms with E-state index in [-0.39, 0.29) is 26.6 Å². The maximum Gasteiger partial charge on any atom is 0.183 e. The largest absolute Gasteiger partial charge is 0.386 e. The molecule has 1 heterocycles. The third-order valence-corrected chi connectivity index (χ3v) is 1.81. The van der Waals surface area contributed by atoms with E-state index in [4.69, 9.17) is 0 Å². The zero-order valence-corrected chi connectivity index (χ0v) is 10.0. The molecule has 0 fully saturated rings. The summed E-state index contributed by atoms with van der Waals surface area (Å²) in [4.78, 5) is 24.2. The minimum atomic E-state index is -0.395. The second-order valence-electron chi connectivity index (χ2n) is 2.66. The number of nitrogens with one attached hydrogen (secondary N) is 1. The van der Waals surface area contributed by atoms with Crippen LogP contribution in [0.4, 0.5) is 0 Å². The van der Waals surface area contributed by atoms with Crippen LogP contribution in [0, 0.1) is 6.07 Å². The molecule has 3 nitrogen and oxygen atoms in total. The van der Waals surface area contributed by atoms with E-state index in [1.54, 1.807) is 12.1 Å². The molecule has 0 saturated heterocycles. The quantitative estimate of drug-likeness (QED) is 0.616. The van der Waals surface area contributed by atoms with Gasteiger partial charge in [-0.1, -0.05) is 18.2 Å². The third kappa shape index (κ3) is 1.83. The summed E-state index contributed by atoms with van der Waals surface area (Å²) in [5.41, 5.74) is 0.338. The second kappa shape index (κ2) is 4.34. The van der Waals surface area contributed by atoms with Crippen LogP contribution in [0.3, 0.4) is 0 Å². The van der Waals surface area contributed by atoms with Gasteiger partial charge >= 0.3 is 0 Å². The Morgan fingerprint density at radius 1 is 1.29 bits per heavy atom. The Bertz CT molecular complexity index is 519. The van der Waals surface area contributed by atoms with Gasteiger partial charge in [0.05, 0.1) is 6.29 Å². The topological polar surface area (TPSA) is 49.9 Å². The number of carbonyl (C=O) groups is 1. The van der Waals surface area contributed by atoms with Crippen molar-refractivity contribution in [2.24, 2.45) is 0 Å². The first-order chi connectivity index (χ1) is 6.31. The summed E-state index contributed by atoms with van der Waals surface area (Å²) in [6, 6.07) is 9.93. The van der Waals surface area contributed by atoms with Crippen molar-refractivity contribution in [1.82, 2.24) is 4.98 Å². The molecule has 0 aliphatic rings. The maximum absolute atomic E-state index is 11.1. The predicted molar refractivity (Wildman–Crippen MR) is 48.8 cm³/mol. The van der Waals surface area contributed by atoms with Crippen molar-refractivity contribution in [3.63, 3.8) is 0 Å². The van der Waals surface area contributed by atoms with E-state index in [0.717, 1.165) is 5.39 Å². The molecule has 0 bridgehead atoms. The number of benzene rings is 1. The first kappa shape index (κ1) is 10.9. The van der Waals surface area contributed by atoms with Crippen LogP contribution in [0.25, 0.3) is 10.9 Å². The summed E-state index contributed by atoms with van der Waals surface area (Å²) >= 11 is 0. The number of rotatable bonds is 1. The summed E-state index contributed by atoms with van der Waals surface area (Å²) in [5, 5.41) is 0.740. The zero-order valence-electron chi connectivity index (χ0n) is 7.11. The van der Waals surface area contributed by atoms with E-state index in [1.165, 1.54) is 0 Å². The van der Waals surface area contributed by atoms with Gasteiger partial charge in [-0.05, 0) is 11.1 Å². The van der Waals surface area contributed by atoms with Crippen LogP contribution < -0.4 is 5.56 Å². The van der Waals surface area contributed by atoms with Gasteiger partial charge in [0.15, 0.2) is 5.56 Å². The minimum Gasteiger partial charge on any atom is -0.386 e. The molecule has 4 heteroatoms. The Morgan fingerprint density at radius 2 is 2.00 bits per heavy atom. The predicted octanol–water partition coefficient (Wildman–Crippen LogP) is 1.14. The number of aromatic nitrogens is 1. The Morgan fingerprint density at radius 3 is 2.71 bits per heavy atom. The third-order valence-electron chi connectivity index (χ3n) is 1.81. The van der Waals surface area contributed by atoms with E-state index in [0.29, 0.717) is 11.8 Å². The van der Waals surface area contributed by atoms with Gasteiger partial charge in [-0.2, -0.15) is 0 Å². The van der Waals surface area contributed by atoms with E-state index in [1.807, 2.05) is 12.1 Å². The van der Waals surface area contributed by atoms with Crippen molar-refractivity contribution in [2.75, 3.05) is 0 Å². The van der Waals surface area contributed by atoms with Crippen LogP contribution in [0.5, 0.6) is 0 Å². The monoisotopic (exact) mass is 356 g/mol. The number of H-pyrrole nitrogens is 1. The fraction of sp³-hybridized carbons (Fsp3) is 0. The molecule has 0 aliphatic carbocycles. The number of fused-ring (bicyclic) bond motifs is 1. The first-order valence-corrected chi connectivity index (χ1v) is 3.81. The van der Waals surface area contributed by atoms with Gasteiger partial charge in [0.25, 0.3) is 0 Å². The fourth-order valence-electron chi connectivity index (χ4n) is 1.18. The smallest absolute Gasteiger partial charge is 0.183 e. The number of pyridine rings is 1. The molecule has 0 unspecified atom stereocenters. The Hall–Kier alpha value is -1.21. The molecule has 1 aromatic carbocycles. The Balaban J connectivity index is 0.000000980. The molecule has 0 spiro atoms. The van der Waals surface area contributed by atoms with Gasteiger partial charge in [-0.25, -0.2) is 0 Å². The summed E-state index contributed by atoms with van der Waals surface area (Å²) in [6.45, 7) is 0. The molecule has 0 radical (unpaired) electrons. The van der Waals surface area contributed by atoms with Crippen molar-refractivity contribution < 1.29 is 25.9 Å². The van der Waals surface area contributed by atoms with Crippen LogP contribution in [0.1, 0.15) is 10.4 Å². The molecule has 14 heavy (non-hydrogen) atoms. The van der Waals surface area contributed by atoms with Crippen molar-refractivity contribution in [2.45, 2.75) is 0 Å². The number of aromatic amines is 1. The molecule has 0 saturated carbocycles. The van der Waals surface area contributed by atoms with Crippen LogP contribution in [0.15, 0.2) is 29.1 Å². The van der Waals surface area contributed by atoms with E-state index in [2.05, 4.69) is 11.1 Å².